The van der Waals surface area contributed by atoms with Gasteiger partial charge >= 0.3 is 19.8 Å². The minimum absolute atomic E-state index is 0.0249. The number of unbranched alkanes of at least 4 members (excludes halogenated alkanes) is 16. The summed E-state index contributed by atoms with van der Waals surface area (Å²) in [5.74, 6) is -0.834. The molecule has 0 fully saturated rings. The van der Waals surface area contributed by atoms with Crippen LogP contribution in [0.4, 0.5) is 0 Å². The van der Waals surface area contributed by atoms with Crippen LogP contribution in [0.3, 0.4) is 0 Å². The number of hydrogen-bond donors (Lipinski definition) is 1. The standard InChI is InChI=1S/C44H80NO8P/c1-6-8-10-12-14-16-18-20-22-24-26-28-30-32-34-36-43(46)50-40-42(41-52-54(48,49)51-39-38-45(3,4)5)53-44(47)37-35-33-31-29-27-25-23-21-19-17-15-13-11-9-7-2/h14-17,20-23,42H,6-13,18-19,24-41H2,1-5H3/p+1/b16-14+,17-15+,22-20-,23-21+/t42-/m1/s1. The first-order valence-electron chi connectivity index (χ1n) is 21.4. The number of esters is 2. The molecule has 314 valence electrons. The van der Waals surface area contributed by atoms with Crippen LogP contribution >= 0.6 is 7.82 Å². The molecule has 1 unspecified atom stereocenters. The predicted octanol–water partition coefficient (Wildman–Crippen LogP) is 11.9. The Kier molecular flexibility index (Phi) is 35.2. The summed E-state index contributed by atoms with van der Waals surface area (Å²) in [6.45, 7) is 4.32. The van der Waals surface area contributed by atoms with Crippen molar-refractivity contribution >= 4 is 19.8 Å². The van der Waals surface area contributed by atoms with E-state index < -0.39 is 26.5 Å². The molecule has 54 heavy (non-hydrogen) atoms. The molecular formula is C44H81NO8P+. The van der Waals surface area contributed by atoms with Gasteiger partial charge in [-0.05, 0) is 77.0 Å². The Hall–Kier alpha value is -2.03. The number of quaternary nitrogens is 1. The highest BCUT2D eigenvalue weighted by Crippen LogP contribution is 2.43. The highest BCUT2D eigenvalue weighted by molar-refractivity contribution is 7.47. The van der Waals surface area contributed by atoms with Gasteiger partial charge in [0.05, 0.1) is 27.7 Å². The Morgan fingerprint density at radius 1 is 0.574 bits per heavy atom. The molecule has 0 saturated heterocycles. The molecule has 1 N–H and O–H groups in total. The summed E-state index contributed by atoms with van der Waals surface area (Å²) in [4.78, 5) is 35.3. The molecule has 0 bridgehead atoms. The van der Waals surface area contributed by atoms with Crippen LogP contribution in [0.5, 0.6) is 0 Å². The van der Waals surface area contributed by atoms with Crippen LogP contribution in [-0.4, -0.2) is 74.9 Å². The van der Waals surface area contributed by atoms with E-state index in [-0.39, 0.29) is 32.0 Å². The van der Waals surface area contributed by atoms with E-state index in [0.717, 1.165) is 83.5 Å². The molecule has 0 aromatic carbocycles. The molecule has 0 spiro atoms. The van der Waals surface area contributed by atoms with Crippen LogP contribution in [0.25, 0.3) is 0 Å². The SMILES string of the molecule is CCCCC/C=C/C/C=C\CCCCCCCC(=O)OC[C@H](COP(=O)(O)OCC[N+](C)(C)C)OC(=O)CCCCCCC/C=C/C/C=C/CCCCC. The zero-order chi connectivity index (χ0) is 40.0. The molecule has 0 aromatic heterocycles. The first kappa shape index (κ1) is 52.0. The topological polar surface area (TPSA) is 108 Å². The molecule has 0 aliphatic heterocycles. The van der Waals surface area contributed by atoms with Crippen molar-refractivity contribution in [2.24, 2.45) is 0 Å². The molecule has 0 heterocycles. The van der Waals surface area contributed by atoms with Gasteiger partial charge in [0.2, 0.25) is 0 Å². The smallest absolute Gasteiger partial charge is 0.462 e. The van der Waals surface area contributed by atoms with E-state index in [1.165, 1.54) is 51.4 Å². The molecule has 0 aliphatic rings. The van der Waals surface area contributed by atoms with Gasteiger partial charge in [-0.15, -0.1) is 0 Å². The highest BCUT2D eigenvalue weighted by Gasteiger charge is 2.27. The maximum absolute atomic E-state index is 12.7. The van der Waals surface area contributed by atoms with Crippen LogP contribution in [0, 0.1) is 0 Å². The van der Waals surface area contributed by atoms with Crippen molar-refractivity contribution in [3.8, 4) is 0 Å². The zero-order valence-electron chi connectivity index (χ0n) is 35.2. The summed E-state index contributed by atoms with van der Waals surface area (Å²) in [5.41, 5.74) is 0. The summed E-state index contributed by atoms with van der Waals surface area (Å²) in [6, 6.07) is 0. The fraction of sp³-hybridized carbons (Fsp3) is 0.773. The molecule has 0 amide bonds. The van der Waals surface area contributed by atoms with Crippen molar-refractivity contribution in [1.29, 1.82) is 0 Å². The third-order valence-electron chi connectivity index (χ3n) is 8.83. The van der Waals surface area contributed by atoms with Crippen LogP contribution in [0.1, 0.15) is 168 Å². The lowest BCUT2D eigenvalue weighted by atomic mass is 10.1. The summed E-state index contributed by atoms with van der Waals surface area (Å²) >= 11 is 0. The van der Waals surface area contributed by atoms with E-state index in [9.17, 15) is 19.0 Å². The second kappa shape index (κ2) is 36.6. The maximum atomic E-state index is 12.7. The predicted molar refractivity (Wildman–Crippen MR) is 224 cm³/mol. The van der Waals surface area contributed by atoms with Crippen molar-refractivity contribution in [1.82, 2.24) is 0 Å². The number of rotatable bonds is 38. The average Bonchev–Trinajstić information content (AvgIpc) is 3.12. The number of carbonyl (C=O) groups is 2. The summed E-state index contributed by atoms with van der Waals surface area (Å²) in [6.07, 6.45) is 41.5. The first-order chi connectivity index (χ1) is 26.0. The number of phosphoric acid groups is 1. The number of allylic oxidation sites excluding steroid dienone is 8. The van der Waals surface area contributed by atoms with Crippen molar-refractivity contribution in [2.45, 2.75) is 174 Å². The van der Waals surface area contributed by atoms with E-state index in [4.69, 9.17) is 18.5 Å². The molecular weight excluding hydrogens is 701 g/mol. The van der Waals surface area contributed by atoms with Gasteiger partial charge in [0.15, 0.2) is 6.10 Å². The minimum atomic E-state index is -4.38. The maximum Gasteiger partial charge on any atom is 0.472 e. The summed E-state index contributed by atoms with van der Waals surface area (Å²) in [7, 11) is 1.45. The molecule has 10 heteroatoms. The van der Waals surface area contributed by atoms with E-state index >= 15 is 0 Å². The fourth-order valence-corrected chi connectivity index (χ4v) is 6.17. The van der Waals surface area contributed by atoms with E-state index in [1.807, 2.05) is 21.1 Å². The van der Waals surface area contributed by atoms with Crippen LogP contribution in [-0.2, 0) is 32.7 Å². The quantitative estimate of drug-likeness (QED) is 0.0217. The second-order valence-electron chi connectivity index (χ2n) is 15.4. The second-order valence-corrected chi connectivity index (χ2v) is 16.8. The van der Waals surface area contributed by atoms with Gasteiger partial charge in [0.1, 0.15) is 19.8 Å². The van der Waals surface area contributed by atoms with Crippen molar-refractivity contribution < 1.29 is 42.1 Å². The Morgan fingerprint density at radius 2 is 1.00 bits per heavy atom. The van der Waals surface area contributed by atoms with Crippen molar-refractivity contribution in [3.63, 3.8) is 0 Å². The lowest BCUT2D eigenvalue weighted by Crippen LogP contribution is -2.37. The van der Waals surface area contributed by atoms with Gasteiger partial charge in [-0.3, -0.25) is 18.6 Å². The van der Waals surface area contributed by atoms with E-state index in [0.29, 0.717) is 17.4 Å². The van der Waals surface area contributed by atoms with E-state index in [2.05, 4.69) is 62.5 Å². The van der Waals surface area contributed by atoms with E-state index in [1.54, 1.807) is 0 Å². The Bertz CT molecular complexity index is 1070. The summed E-state index contributed by atoms with van der Waals surface area (Å²) < 4.78 is 34.2. The Morgan fingerprint density at radius 3 is 1.46 bits per heavy atom. The molecule has 9 nitrogen and oxygen atoms in total. The number of ether oxygens (including phenoxy) is 2. The normalized spacial score (nSPS) is 14.1. The minimum Gasteiger partial charge on any atom is -0.462 e. The largest absolute Gasteiger partial charge is 0.472 e. The van der Waals surface area contributed by atoms with Gasteiger partial charge in [0.25, 0.3) is 0 Å². The summed E-state index contributed by atoms with van der Waals surface area (Å²) in [5, 5.41) is 0. The lowest BCUT2D eigenvalue weighted by Gasteiger charge is -2.24. The number of likely N-dealkylation sites (N-methyl/N-ethyl adjacent to an activating group) is 1. The number of phosphoric ester groups is 1. The van der Waals surface area contributed by atoms with Gasteiger partial charge in [0, 0.05) is 12.8 Å². The molecule has 0 rings (SSSR count). The third-order valence-corrected chi connectivity index (χ3v) is 9.82. The molecule has 0 aliphatic carbocycles. The number of carbonyl (C=O) groups excluding carboxylic acids is 2. The fourth-order valence-electron chi connectivity index (χ4n) is 5.43. The number of hydrogen-bond acceptors (Lipinski definition) is 7. The van der Waals surface area contributed by atoms with Crippen LogP contribution in [0.15, 0.2) is 48.6 Å². The van der Waals surface area contributed by atoms with Gasteiger partial charge in [-0.25, -0.2) is 4.57 Å². The zero-order valence-corrected chi connectivity index (χ0v) is 36.1. The van der Waals surface area contributed by atoms with Crippen LogP contribution < -0.4 is 0 Å². The highest BCUT2D eigenvalue weighted by atomic mass is 31.2. The molecule has 2 atom stereocenters. The van der Waals surface area contributed by atoms with Gasteiger partial charge in [-0.2, -0.15) is 0 Å². The molecule has 0 aromatic rings. The van der Waals surface area contributed by atoms with Gasteiger partial charge in [-0.1, -0.05) is 127 Å². The van der Waals surface area contributed by atoms with Gasteiger partial charge < -0.3 is 18.9 Å². The van der Waals surface area contributed by atoms with Crippen molar-refractivity contribution in [2.75, 3.05) is 47.5 Å². The lowest BCUT2D eigenvalue weighted by molar-refractivity contribution is -0.870. The number of nitrogens with zero attached hydrogens (tertiary/aromatic N) is 1. The third kappa shape index (κ3) is 39.7. The van der Waals surface area contributed by atoms with Crippen LogP contribution in [0.2, 0.25) is 0 Å². The Labute approximate surface area is 331 Å². The van der Waals surface area contributed by atoms with Crippen molar-refractivity contribution in [3.05, 3.63) is 48.6 Å². The molecule has 0 saturated carbocycles. The first-order valence-corrected chi connectivity index (χ1v) is 22.9. The Balaban J connectivity index is 4.44. The average molecular weight is 783 g/mol. The monoisotopic (exact) mass is 783 g/mol. The molecule has 0 radical (unpaired) electrons.